The molecule has 274 valence electrons. The Hall–Kier alpha value is -7.27. The molecule has 2 heterocycles. The lowest BCUT2D eigenvalue weighted by atomic mass is 9.98. The fourth-order valence-electron chi connectivity index (χ4n) is 8.45. The summed E-state index contributed by atoms with van der Waals surface area (Å²) in [5.41, 5.74) is 15.2. The van der Waals surface area contributed by atoms with E-state index >= 15 is 0 Å². The molecule has 0 spiro atoms. The topological polar surface area (TPSA) is 11.4 Å². The summed E-state index contributed by atoms with van der Waals surface area (Å²) in [5.74, 6) is 0. The molecule has 0 atom stereocenters. The van der Waals surface area contributed by atoms with Gasteiger partial charge in [-0.3, -0.25) is 0 Å². The van der Waals surface area contributed by atoms with Gasteiger partial charge < -0.3 is 14.4 Å². The van der Waals surface area contributed by atoms with Crippen molar-refractivity contribution in [1.82, 2.24) is 4.57 Å². The Bertz CT molecular complexity index is 3040. The van der Waals surface area contributed by atoms with Gasteiger partial charge in [-0.15, -0.1) is 0 Å². The quantitative estimate of drug-likeness (QED) is 0.160. The summed E-state index contributed by atoms with van der Waals surface area (Å²) in [5, 5.41) is 2.49. The highest BCUT2D eigenvalue weighted by atomic mass is 32.2. The summed E-state index contributed by atoms with van der Waals surface area (Å²) >= 11 is 1.85. The number of rotatable bonds is 7. The van der Waals surface area contributed by atoms with E-state index in [9.17, 15) is 0 Å². The average Bonchev–Trinajstić information content (AvgIpc) is 3.63. The van der Waals surface area contributed by atoms with Crippen molar-refractivity contribution in [3.63, 3.8) is 0 Å². The largest absolute Gasteiger partial charge is 0.311 e. The molecule has 11 rings (SSSR count). The monoisotopic (exact) mass is 759 g/mol. The second-order valence-electron chi connectivity index (χ2n) is 14.6. The first-order valence-corrected chi connectivity index (χ1v) is 20.5. The summed E-state index contributed by atoms with van der Waals surface area (Å²) in [4.78, 5) is 7.19. The lowest BCUT2D eigenvalue weighted by Gasteiger charge is -2.33. The Morgan fingerprint density at radius 1 is 0.328 bits per heavy atom. The van der Waals surface area contributed by atoms with Crippen molar-refractivity contribution in [2.75, 3.05) is 9.80 Å². The van der Waals surface area contributed by atoms with Crippen LogP contribution in [0.5, 0.6) is 0 Å². The Morgan fingerprint density at radius 3 is 1.62 bits per heavy atom. The van der Waals surface area contributed by atoms with Crippen molar-refractivity contribution < 1.29 is 0 Å². The highest BCUT2D eigenvalue weighted by molar-refractivity contribution is 7.99. The van der Waals surface area contributed by atoms with Crippen LogP contribution in [0.4, 0.5) is 34.1 Å². The first kappa shape index (κ1) is 34.0. The maximum atomic E-state index is 2.41. The molecule has 0 saturated heterocycles. The molecule has 58 heavy (non-hydrogen) atoms. The van der Waals surface area contributed by atoms with Crippen LogP contribution in [0.2, 0.25) is 0 Å². The van der Waals surface area contributed by atoms with Crippen molar-refractivity contribution in [3.05, 3.63) is 224 Å². The Kier molecular flexibility index (Phi) is 8.41. The maximum Gasteiger partial charge on any atom is 0.0602 e. The highest BCUT2D eigenvalue weighted by Gasteiger charge is 2.25. The van der Waals surface area contributed by atoms with Crippen molar-refractivity contribution >= 4 is 67.7 Å². The van der Waals surface area contributed by atoms with Gasteiger partial charge in [-0.2, -0.15) is 0 Å². The Labute approximate surface area is 342 Å². The zero-order chi connectivity index (χ0) is 38.4. The lowest BCUT2D eigenvalue weighted by Crippen LogP contribution is -2.14. The maximum absolute atomic E-state index is 2.41. The summed E-state index contributed by atoms with van der Waals surface area (Å²) in [6.07, 6.45) is 0. The molecule has 10 aromatic rings. The second kappa shape index (κ2) is 14.3. The van der Waals surface area contributed by atoms with Crippen LogP contribution >= 0.6 is 11.8 Å². The van der Waals surface area contributed by atoms with Crippen LogP contribution in [-0.4, -0.2) is 4.57 Å². The molecule has 3 nitrogen and oxygen atoms in total. The summed E-state index contributed by atoms with van der Waals surface area (Å²) in [6, 6.07) is 81.0. The zero-order valence-corrected chi connectivity index (χ0v) is 32.4. The van der Waals surface area contributed by atoms with E-state index in [1.807, 2.05) is 11.8 Å². The Morgan fingerprint density at radius 2 is 0.879 bits per heavy atom. The first-order chi connectivity index (χ1) is 28.8. The molecule has 0 bridgehead atoms. The number of aromatic nitrogens is 1. The molecule has 0 N–H and O–H groups in total. The molecule has 4 heteroatoms. The van der Waals surface area contributed by atoms with E-state index in [0.717, 1.165) is 28.4 Å². The zero-order valence-electron chi connectivity index (χ0n) is 31.6. The lowest BCUT2D eigenvalue weighted by molar-refractivity contribution is 1.17. The van der Waals surface area contributed by atoms with Crippen LogP contribution in [0.25, 0.3) is 49.7 Å². The van der Waals surface area contributed by atoms with Gasteiger partial charge in [-0.25, -0.2) is 0 Å². The van der Waals surface area contributed by atoms with E-state index < -0.39 is 0 Å². The molecule has 0 aliphatic carbocycles. The van der Waals surface area contributed by atoms with Crippen molar-refractivity contribution in [1.29, 1.82) is 0 Å². The fraction of sp³-hybridized carbons (Fsp3) is 0. The third-order valence-corrected chi connectivity index (χ3v) is 12.3. The minimum Gasteiger partial charge on any atom is -0.311 e. The highest BCUT2D eigenvalue weighted by Crippen LogP contribution is 2.52. The van der Waals surface area contributed by atoms with E-state index in [0.29, 0.717) is 0 Å². The van der Waals surface area contributed by atoms with E-state index in [1.165, 1.54) is 65.2 Å². The van der Waals surface area contributed by atoms with Gasteiger partial charge in [0, 0.05) is 49.0 Å². The third kappa shape index (κ3) is 5.94. The van der Waals surface area contributed by atoms with Crippen LogP contribution in [0.15, 0.2) is 234 Å². The molecule has 1 aliphatic heterocycles. The van der Waals surface area contributed by atoms with Crippen molar-refractivity contribution in [2.45, 2.75) is 9.79 Å². The molecular formula is C54H37N3S. The minimum absolute atomic E-state index is 1.11. The number of nitrogens with zero attached hydrogens (tertiary/aromatic N) is 3. The summed E-state index contributed by atoms with van der Waals surface area (Å²) < 4.78 is 2.41. The average molecular weight is 760 g/mol. The van der Waals surface area contributed by atoms with E-state index in [2.05, 4.69) is 239 Å². The number of hydrogen-bond donors (Lipinski definition) is 0. The van der Waals surface area contributed by atoms with Gasteiger partial charge >= 0.3 is 0 Å². The molecule has 9 aromatic carbocycles. The van der Waals surface area contributed by atoms with Gasteiger partial charge in [0.1, 0.15) is 0 Å². The van der Waals surface area contributed by atoms with E-state index in [-0.39, 0.29) is 0 Å². The molecule has 0 unspecified atom stereocenters. The van der Waals surface area contributed by atoms with Crippen LogP contribution in [0.1, 0.15) is 0 Å². The van der Waals surface area contributed by atoms with Crippen LogP contribution in [0.3, 0.4) is 0 Å². The molecule has 1 aliphatic rings. The number of anilines is 6. The van der Waals surface area contributed by atoms with Gasteiger partial charge in [0.15, 0.2) is 0 Å². The minimum atomic E-state index is 1.11. The van der Waals surface area contributed by atoms with Gasteiger partial charge in [-0.05, 0) is 125 Å². The molecule has 1 aromatic heterocycles. The van der Waals surface area contributed by atoms with Crippen LogP contribution in [0, 0.1) is 0 Å². The molecule has 0 saturated carbocycles. The van der Waals surface area contributed by atoms with Gasteiger partial charge in [-0.1, -0.05) is 133 Å². The van der Waals surface area contributed by atoms with Crippen molar-refractivity contribution in [3.8, 4) is 27.9 Å². The van der Waals surface area contributed by atoms with E-state index in [1.54, 1.807) is 0 Å². The normalized spacial score (nSPS) is 12.0. The van der Waals surface area contributed by atoms with Gasteiger partial charge in [0.2, 0.25) is 0 Å². The molecule has 0 amide bonds. The predicted octanol–water partition coefficient (Wildman–Crippen LogP) is 15.5. The standard InChI is InChI=1S/C54H37N3S/c1-4-17-42(18-5-1)55(43-19-6-2-7-20-43)45-29-31-46(32-30-45)56-49-24-11-10-23-47(49)48-33-27-40(36-52(48)56)38-15-14-16-39(35-38)41-28-34-51-54(37-41)58-53-26-13-12-25-50(53)57(51)44-21-8-3-9-22-44/h1-37H. The number of hydrogen-bond acceptors (Lipinski definition) is 3. The summed E-state index contributed by atoms with van der Waals surface area (Å²) in [7, 11) is 0. The fourth-order valence-corrected chi connectivity index (χ4v) is 9.55. The summed E-state index contributed by atoms with van der Waals surface area (Å²) in [6.45, 7) is 0. The van der Waals surface area contributed by atoms with Crippen LogP contribution in [-0.2, 0) is 0 Å². The van der Waals surface area contributed by atoms with Gasteiger partial charge in [0.05, 0.1) is 22.4 Å². The van der Waals surface area contributed by atoms with E-state index in [4.69, 9.17) is 0 Å². The smallest absolute Gasteiger partial charge is 0.0602 e. The molecule has 0 radical (unpaired) electrons. The third-order valence-electron chi connectivity index (χ3n) is 11.1. The number of fused-ring (bicyclic) bond motifs is 5. The SMILES string of the molecule is c1ccc(N(c2ccccc2)c2ccc(-n3c4ccccc4c4ccc(-c5cccc(-c6ccc7c(c6)Sc6ccccc6N7c6ccccc6)c5)cc43)cc2)cc1. The molecular weight excluding hydrogens is 723 g/mol. The Balaban J connectivity index is 0.975. The first-order valence-electron chi connectivity index (χ1n) is 19.7. The van der Waals surface area contributed by atoms with Crippen LogP contribution < -0.4 is 9.80 Å². The number of para-hydroxylation sites is 5. The predicted molar refractivity (Wildman–Crippen MR) is 245 cm³/mol. The molecule has 0 fully saturated rings. The van der Waals surface area contributed by atoms with Gasteiger partial charge in [0.25, 0.3) is 0 Å². The van der Waals surface area contributed by atoms with Crippen molar-refractivity contribution in [2.24, 2.45) is 0 Å². The number of benzene rings is 9. The second-order valence-corrected chi connectivity index (χ2v) is 15.7.